The molecule has 1 aliphatic heterocycles. The van der Waals surface area contributed by atoms with Crippen molar-refractivity contribution in [1.29, 1.82) is 0 Å². The van der Waals surface area contributed by atoms with Crippen LogP contribution in [-0.2, 0) is 22.5 Å². The van der Waals surface area contributed by atoms with Crippen molar-refractivity contribution in [3.05, 3.63) is 35.9 Å². The molecule has 0 aliphatic carbocycles. The van der Waals surface area contributed by atoms with Gasteiger partial charge in [-0.2, -0.15) is 5.10 Å². The summed E-state index contributed by atoms with van der Waals surface area (Å²) in [5, 5.41) is 20.6. The quantitative estimate of drug-likeness (QED) is 0.552. The number of hydrogen-bond donors (Lipinski definition) is 3. The summed E-state index contributed by atoms with van der Waals surface area (Å²) >= 11 is 0. The molecular formula is C22H25FN6O4. The number of hydrogen-bond acceptors (Lipinski definition) is 7. The third kappa shape index (κ3) is 4.81. The molecular weight excluding hydrogens is 431 g/mol. The maximum Gasteiger partial charge on any atom is 0.412 e. The number of benzene rings is 1. The van der Waals surface area contributed by atoms with Crippen LogP contribution in [0.2, 0.25) is 0 Å². The monoisotopic (exact) mass is 456 g/mol. The lowest BCUT2D eigenvalue weighted by Gasteiger charge is -2.20. The molecule has 0 saturated heterocycles. The molecule has 3 aromatic rings. The Bertz CT molecular complexity index is 1250. The standard InChI is InChI=1S/C22H25FN6O4/c1-22(2,3)33-21(32)26-20-14-10-24-16(8-12(14)7-15(30)19(20)23)25-17-9-13-5-6-28(4)18(31)11-29(13)27-17/h7-10,30H,5-6,11H2,1-4H3,(H,26,32)(H,24,25,27). The van der Waals surface area contributed by atoms with Gasteiger partial charge in [-0.3, -0.25) is 14.8 Å². The number of aromatic nitrogens is 3. The highest BCUT2D eigenvalue weighted by Gasteiger charge is 2.22. The van der Waals surface area contributed by atoms with E-state index >= 15 is 0 Å². The second-order valence-corrected chi connectivity index (χ2v) is 8.87. The molecule has 0 spiro atoms. The normalized spacial score (nSPS) is 14.1. The average molecular weight is 456 g/mol. The largest absolute Gasteiger partial charge is 0.505 e. The lowest BCUT2D eigenvalue weighted by atomic mass is 10.1. The number of pyridine rings is 1. The van der Waals surface area contributed by atoms with E-state index in [0.717, 1.165) is 5.69 Å². The Hall–Kier alpha value is -3.89. The van der Waals surface area contributed by atoms with Gasteiger partial charge >= 0.3 is 6.09 Å². The lowest BCUT2D eigenvalue weighted by molar-refractivity contribution is -0.130. The van der Waals surface area contributed by atoms with Gasteiger partial charge < -0.3 is 20.1 Å². The van der Waals surface area contributed by atoms with Crippen LogP contribution in [0.3, 0.4) is 0 Å². The first-order valence-corrected chi connectivity index (χ1v) is 10.4. The van der Waals surface area contributed by atoms with Gasteiger partial charge in [-0.05, 0) is 38.3 Å². The highest BCUT2D eigenvalue weighted by Crippen LogP contribution is 2.34. The minimum Gasteiger partial charge on any atom is -0.505 e. The molecule has 0 fully saturated rings. The molecule has 2 aromatic heterocycles. The number of carbonyl (C=O) groups is 2. The second kappa shape index (κ2) is 8.23. The zero-order chi connectivity index (χ0) is 23.9. The number of phenolic OH excluding ortho intramolecular Hbond substituents is 1. The van der Waals surface area contributed by atoms with E-state index in [2.05, 4.69) is 20.7 Å². The first-order chi connectivity index (χ1) is 15.5. The van der Waals surface area contributed by atoms with E-state index in [4.69, 9.17) is 4.74 Å². The molecule has 1 aromatic carbocycles. The Morgan fingerprint density at radius 1 is 1.24 bits per heavy atom. The summed E-state index contributed by atoms with van der Waals surface area (Å²) in [6, 6.07) is 4.68. The Labute approximate surface area is 189 Å². The fourth-order valence-corrected chi connectivity index (χ4v) is 3.49. The SMILES string of the molecule is CN1CCc2cc(Nc3cc4cc(O)c(F)c(NC(=O)OC(C)(C)C)c4cn3)nn2CC1=O. The predicted octanol–water partition coefficient (Wildman–Crippen LogP) is 3.38. The van der Waals surface area contributed by atoms with E-state index in [1.807, 2.05) is 6.07 Å². The van der Waals surface area contributed by atoms with E-state index in [1.165, 1.54) is 12.3 Å². The van der Waals surface area contributed by atoms with Crippen LogP contribution in [-0.4, -0.2) is 56.0 Å². The van der Waals surface area contributed by atoms with Crippen LogP contribution in [0.4, 0.5) is 26.5 Å². The van der Waals surface area contributed by atoms with E-state index in [-0.39, 0.29) is 23.5 Å². The molecule has 4 rings (SSSR count). The first kappa shape index (κ1) is 22.3. The van der Waals surface area contributed by atoms with Gasteiger partial charge in [0.25, 0.3) is 0 Å². The fraction of sp³-hybridized carbons (Fsp3) is 0.364. The minimum atomic E-state index is -0.983. The van der Waals surface area contributed by atoms with E-state index < -0.39 is 23.3 Å². The summed E-state index contributed by atoms with van der Waals surface area (Å²) < 4.78 is 21.4. The average Bonchev–Trinajstić information content (AvgIpc) is 3.03. The number of amides is 2. The van der Waals surface area contributed by atoms with Crippen molar-refractivity contribution < 1.29 is 23.8 Å². The van der Waals surface area contributed by atoms with Gasteiger partial charge in [0, 0.05) is 43.4 Å². The molecule has 3 N–H and O–H groups in total. The van der Waals surface area contributed by atoms with Crippen LogP contribution in [0.25, 0.3) is 10.8 Å². The zero-order valence-corrected chi connectivity index (χ0v) is 18.8. The van der Waals surface area contributed by atoms with E-state index in [1.54, 1.807) is 43.5 Å². The topological polar surface area (TPSA) is 122 Å². The minimum absolute atomic E-state index is 0.0188. The van der Waals surface area contributed by atoms with Crippen molar-refractivity contribution in [2.75, 3.05) is 24.2 Å². The van der Waals surface area contributed by atoms with E-state index in [0.29, 0.717) is 30.0 Å². The van der Waals surface area contributed by atoms with Crippen LogP contribution < -0.4 is 10.6 Å². The van der Waals surface area contributed by atoms with Gasteiger partial charge in [-0.25, -0.2) is 14.2 Å². The Morgan fingerprint density at radius 2 is 2.00 bits per heavy atom. The van der Waals surface area contributed by atoms with Crippen LogP contribution >= 0.6 is 0 Å². The number of anilines is 3. The Kier molecular flexibility index (Phi) is 5.56. The summed E-state index contributed by atoms with van der Waals surface area (Å²) in [6.07, 6.45) is 1.21. The van der Waals surface area contributed by atoms with Crippen molar-refractivity contribution in [2.45, 2.75) is 39.3 Å². The highest BCUT2D eigenvalue weighted by molar-refractivity contribution is 6.02. The number of rotatable bonds is 3. The summed E-state index contributed by atoms with van der Waals surface area (Å²) in [5.41, 5.74) is -0.0835. The van der Waals surface area contributed by atoms with Crippen LogP contribution in [0.15, 0.2) is 24.4 Å². The van der Waals surface area contributed by atoms with Crippen molar-refractivity contribution >= 4 is 40.1 Å². The van der Waals surface area contributed by atoms with Gasteiger partial charge in [0.15, 0.2) is 17.4 Å². The summed E-state index contributed by atoms with van der Waals surface area (Å²) in [5.74, 6) is -0.721. The number of fused-ring (bicyclic) bond motifs is 2. The molecule has 0 bridgehead atoms. The van der Waals surface area contributed by atoms with Crippen LogP contribution in [0.1, 0.15) is 26.5 Å². The maximum atomic E-state index is 14.6. The number of phenols is 1. The number of nitrogens with one attached hydrogen (secondary N) is 2. The third-order valence-corrected chi connectivity index (χ3v) is 5.10. The van der Waals surface area contributed by atoms with Crippen molar-refractivity contribution in [3.63, 3.8) is 0 Å². The third-order valence-electron chi connectivity index (χ3n) is 5.10. The zero-order valence-electron chi connectivity index (χ0n) is 18.8. The number of nitrogens with zero attached hydrogens (tertiary/aromatic N) is 4. The summed E-state index contributed by atoms with van der Waals surface area (Å²) in [6.45, 7) is 5.83. The van der Waals surface area contributed by atoms with Crippen molar-refractivity contribution in [1.82, 2.24) is 19.7 Å². The highest BCUT2D eigenvalue weighted by atomic mass is 19.1. The molecule has 10 nitrogen and oxygen atoms in total. The molecule has 11 heteroatoms. The van der Waals surface area contributed by atoms with Gasteiger partial charge in [0.2, 0.25) is 5.91 Å². The van der Waals surface area contributed by atoms with Crippen molar-refractivity contribution in [2.24, 2.45) is 0 Å². The number of halogens is 1. The summed E-state index contributed by atoms with van der Waals surface area (Å²) in [7, 11) is 1.76. The number of ether oxygens (including phenoxy) is 1. The fourth-order valence-electron chi connectivity index (χ4n) is 3.49. The molecule has 2 amide bonds. The molecule has 174 valence electrons. The van der Waals surface area contributed by atoms with Gasteiger partial charge in [-0.1, -0.05) is 0 Å². The smallest absolute Gasteiger partial charge is 0.412 e. The lowest BCUT2D eigenvalue weighted by Crippen LogP contribution is -2.29. The second-order valence-electron chi connectivity index (χ2n) is 8.87. The van der Waals surface area contributed by atoms with Crippen molar-refractivity contribution in [3.8, 4) is 5.75 Å². The van der Waals surface area contributed by atoms with Gasteiger partial charge in [0.1, 0.15) is 18.0 Å². The molecule has 1 aliphatic rings. The predicted molar refractivity (Wildman–Crippen MR) is 120 cm³/mol. The summed E-state index contributed by atoms with van der Waals surface area (Å²) in [4.78, 5) is 30.2. The Morgan fingerprint density at radius 3 is 2.73 bits per heavy atom. The first-order valence-electron chi connectivity index (χ1n) is 10.4. The molecule has 3 heterocycles. The molecule has 0 radical (unpaired) electrons. The number of likely N-dealkylation sites (N-methyl/N-ethyl adjacent to an activating group) is 1. The molecule has 0 unspecified atom stereocenters. The number of aromatic hydroxyl groups is 1. The molecule has 33 heavy (non-hydrogen) atoms. The maximum absolute atomic E-state index is 14.6. The Balaban J connectivity index is 1.61. The van der Waals surface area contributed by atoms with E-state index in [9.17, 15) is 19.1 Å². The van der Waals surface area contributed by atoms with Crippen LogP contribution in [0, 0.1) is 5.82 Å². The number of carbonyl (C=O) groups excluding carboxylic acids is 2. The van der Waals surface area contributed by atoms with Crippen LogP contribution in [0.5, 0.6) is 5.75 Å². The molecule has 0 atom stereocenters. The van der Waals surface area contributed by atoms with Gasteiger partial charge in [-0.15, -0.1) is 0 Å². The van der Waals surface area contributed by atoms with Gasteiger partial charge in [0.05, 0.1) is 5.69 Å². The molecule has 0 saturated carbocycles.